The van der Waals surface area contributed by atoms with Crippen LogP contribution in [-0.4, -0.2) is 79.6 Å². The average Bonchev–Trinajstić information content (AvgIpc) is 3.10. The summed E-state index contributed by atoms with van der Waals surface area (Å²) in [6.07, 6.45) is 4.76. The number of benzene rings is 1. The second-order valence-corrected chi connectivity index (χ2v) is 8.54. The number of carboxylic acid groups (broad SMARTS) is 1. The van der Waals surface area contributed by atoms with Crippen LogP contribution in [0.25, 0.3) is 6.08 Å². The molecule has 1 aromatic rings. The maximum Gasteiger partial charge on any atom is 0.340 e. The van der Waals surface area contributed by atoms with E-state index in [0.717, 1.165) is 0 Å². The van der Waals surface area contributed by atoms with Gasteiger partial charge in [0, 0.05) is 7.11 Å². The first-order valence-electron chi connectivity index (χ1n) is 11.2. The zero-order valence-electron chi connectivity index (χ0n) is 21.0. The highest BCUT2D eigenvalue weighted by molar-refractivity contribution is 5.97. The lowest BCUT2D eigenvalue weighted by molar-refractivity contribution is -0.152. The van der Waals surface area contributed by atoms with Crippen molar-refractivity contribution in [2.45, 2.75) is 63.8 Å². The largest absolute Gasteiger partial charge is 0.493 e. The van der Waals surface area contributed by atoms with Crippen LogP contribution in [0.2, 0.25) is 0 Å². The lowest BCUT2D eigenvalue weighted by atomic mass is 10.0. The molecule has 0 saturated carbocycles. The Hall–Kier alpha value is -2.63. The van der Waals surface area contributed by atoms with Crippen molar-refractivity contribution in [1.82, 2.24) is 0 Å². The molecule has 2 rings (SSSR count). The van der Waals surface area contributed by atoms with Crippen LogP contribution in [0.4, 0.5) is 0 Å². The topological polar surface area (TPSA) is 133 Å². The number of hydrogen-bond acceptors (Lipinski definition) is 9. The monoisotopic (exact) mass is 496 g/mol. The average molecular weight is 497 g/mol. The van der Waals surface area contributed by atoms with Gasteiger partial charge in [-0.2, -0.15) is 0 Å². The van der Waals surface area contributed by atoms with E-state index in [0.29, 0.717) is 24.2 Å². The molecule has 1 heterocycles. The van der Waals surface area contributed by atoms with Gasteiger partial charge in [0.15, 0.2) is 24.1 Å². The van der Waals surface area contributed by atoms with E-state index >= 15 is 0 Å². The maximum absolute atomic E-state index is 12.1. The first kappa shape index (κ1) is 28.6. The van der Waals surface area contributed by atoms with E-state index in [1.807, 2.05) is 0 Å². The van der Waals surface area contributed by atoms with Crippen molar-refractivity contribution in [2.24, 2.45) is 0 Å². The van der Waals surface area contributed by atoms with Crippen molar-refractivity contribution < 1.29 is 48.5 Å². The highest BCUT2D eigenvalue weighted by Crippen LogP contribution is 2.43. The third kappa shape index (κ3) is 7.68. The van der Waals surface area contributed by atoms with Crippen molar-refractivity contribution in [3.8, 4) is 17.2 Å². The summed E-state index contributed by atoms with van der Waals surface area (Å²) in [6, 6.07) is 1.54. The number of carbonyl (C=O) groups is 1. The summed E-state index contributed by atoms with van der Waals surface area (Å²) in [5, 5.41) is 29.9. The van der Waals surface area contributed by atoms with E-state index in [9.17, 15) is 20.1 Å². The van der Waals surface area contributed by atoms with Crippen LogP contribution in [0.3, 0.4) is 0 Å². The predicted molar refractivity (Wildman–Crippen MR) is 128 cm³/mol. The lowest BCUT2D eigenvalue weighted by Gasteiger charge is -2.20. The van der Waals surface area contributed by atoms with Gasteiger partial charge in [-0.05, 0) is 45.2 Å². The van der Waals surface area contributed by atoms with Gasteiger partial charge >= 0.3 is 5.97 Å². The standard InChI is InChI=1S/C25H36O10/c1-15(26)9-7-11-17(27)21-18(34-25(2,3)35-21)12-8-10-16-13-19(31-5)22(32-6)23(33-14-30-4)20(16)24(28)29/h7-8,10-11,13,15,17-18,21,26-27H,9,12,14H2,1-6H3,(H,28,29)/b10-8+,11-7-/t15-,17?,18-,21+/m0/s1. The summed E-state index contributed by atoms with van der Waals surface area (Å²) >= 11 is 0. The van der Waals surface area contributed by atoms with E-state index in [-0.39, 0.29) is 23.9 Å². The van der Waals surface area contributed by atoms with Gasteiger partial charge in [0.1, 0.15) is 17.8 Å². The van der Waals surface area contributed by atoms with Gasteiger partial charge in [0.2, 0.25) is 5.75 Å². The fraction of sp³-hybridized carbons (Fsp3) is 0.560. The van der Waals surface area contributed by atoms with Gasteiger partial charge in [0.05, 0.1) is 26.4 Å². The number of aromatic carboxylic acids is 1. The number of aliphatic hydroxyl groups is 2. The Kier molecular flexibility index (Phi) is 10.5. The van der Waals surface area contributed by atoms with E-state index < -0.39 is 36.2 Å². The summed E-state index contributed by atoms with van der Waals surface area (Å²) in [5.41, 5.74) is 0.214. The Labute approximate surface area is 205 Å². The van der Waals surface area contributed by atoms with Gasteiger partial charge in [0.25, 0.3) is 0 Å². The molecule has 1 aromatic carbocycles. The van der Waals surface area contributed by atoms with Gasteiger partial charge in [-0.15, -0.1) is 0 Å². The third-order valence-electron chi connectivity index (χ3n) is 5.23. The molecule has 0 amide bonds. The molecule has 1 fully saturated rings. The molecule has 3 N–H and O–H groups in total. The molecule has 0 aliphatic carbocycles. The molecule has 0 bridgehead atoms. The molecule has 35 heavy (non-hydrogen) atoms. The normalized spacial score (nSPS) is 21.4. The SMILES string of the molecule is COCOc1c(OC)c(OC)cc(/C=C/C[C@@H]2OC(C)(C)O[C@@H]2C(O)/C=C\C[C@H](C)O)c1C(=O)O. The highest BCUT2D eigenvalue weighted by atomic mass is 16.8. The van der Waals surface area contributed by atoms with Crippen molar-refractivity contribution in [1.29, 1.82) is 0 Å². The molecule has 10 nitrogen and oxygen atoms in total. The van der Waals surface area contributed by atoms with Crippen LogP contribution in [0.1, 0.15) is 49.5 Å². The number of hydrogen-bond donors (Lipinski definition) is 3. The Morgan fingerprint density at radius 2 is 1.86 bits per heavy atom. The van der Waals surface area contributed by atoms with Crippen molar-refractivity contribution in [3.05, 3.63) is 35.4 Å². The molecule has 1 unspecified atom stereocenters. The number of methoxy groups -OCH3 is 3. The number of aliphatic hydroxyl groups excluding tert-OH is 2. The van der Waals surface area contributed by atoms with E-state index in [4.69, 9.17) is 28.4 Å². The third-order valence-corrected chi connectivity index (χ3v) is 5.23. The quantitative estimate of drug-likeness (QED) is 0.276. The molecule has 1 saturated heterocycles. The van der Waals surface area contributed by atoms with Crippen LogP contribution < -0.4 is 14.2 Å². The predicted octanol–water partition coefficient (Wildman–Crippen LogP) is 3.00. The summed E-state index contributed by atoms with van der Waals surface area (Å²) in [6.45, 7) is 4.99. The van der Waals surface area contributed by atoms with Gasteiger partial charge in [-0.25, -0.2) is 4.79 Å². The molecule has 0 spiro atoms. The van der Waals surface area contributed by atoms with Crippen LogP contribution in [-0.2, 0) is 14.2 Å². The Bertz CT molecular complexity index is 906. The first-order valence-corrected chi connectivity index (χ1v) is 11.2. The maximum atomic E-state index is 12.1. The fourth-order valence-electron chi connectivity index (χ4n) is 3.78. The zero-order valence-corrected chi connectivity index (χ0v) is 21.0. The summed E-state index contributed by atoms with van der Waals surface area (Å²) in [5.74, 6) is -1.70. The Morgan fingerprint density at radius 3 is 2.43 bits per heavy atom. The summed E-state index contributed by atoms with van der Waals surface area (Å²) in [7, 11) is 4.25. The lowest BCUT2D eigenvalue weighted by Crippen LogP contribution is -2.34. The van der Waals surface area contributed by atoms with Crippen LogP contribution in [0.15, 0.2) is 24.3 Å². The highest BCUT2D eigenvalue weighted by Gasteiger charge is 2.43. The second kappa shape index (κ2) is 12.9. The van der Waals surface area contributed by atoms with Gasteiger partial charge in [-0.1, -0.05) is 24.3 Å². The van der Waals surface area contributed by atoms with Crippen LogP contribution in [0, 0.1) is 0 Å². The minimum atomic E-state index is -1.21. The van der Waals surface area contributed by atoms with E-state index in [1.54, 1.807) is 51.1 Å². The first-order chi connectivity index (χ1) is 16.5. The van der Waals surface area contributed by atoms with Crippen LogP contribution in [0.5, 0.6) is 17.2 Å². The molecule has 4 atom stereocenters. The zero-order chi connectivity index (χ0) is 26.2. The second-order valence-electron chi connectivity index (χ2n) is 8.54. The van der Waals surface area contributed by atoms with Gasteiger partial charge in [-0.3, -0.25) is 0 Å². The molecular weight excluding hydrogens is 460 g/mol. The Balaban J connectivity index is 2.33. The molecule has 10 heteroatoms. The summed E-state index contributed by atoms with van der Waals surface area (Å²) in [4.78, 5) is 12.1. The van der Waals surface area contributed by atoms with Crippen molar-refractivity contribution in [2.75, 3.05) is 28.1 Å². The van der Waals surface area contributed by atoms with Crippen molar-refractivity contribution >= 4 is 12.0 Å². The fourth-order valence-corrected chi connectivity index (χ4v) is 3.78. The molecule has 1 aliphatic rings. The Morgan fingerprint density at radius 1 is 1.14 bits per heavy atom. The number of rotatable bonds is 13. The molecule has 196 valence electrons. The molecule has 1 aliphatic heterocycles. The number of carboxylic acids is 1. The van der Waals surface area contributed by atoms with E-state index in [2.05, 4.69) is 0 Å². The van der Waals surface area contributed by atoms with Crippen LogP contribution >= 0.6 is 0 Å². The molecule has 0 radical (unpaired) electrons. The van der Waals surface area contributed by atoms with Gasteiger partial charge < -0.3 is 43.7 Å². The number of ether oxygens (including phenoxy) is 6. The molecule has 0 aromatic heterocycles. The molecular formula is C25H36O10. The minimum absolute atomic E-state index is 0.0148. The summed E-state index contributed by atoms with van der Waals surface area (Å²) < 4.78 is 33.0. The minimum Gasteiger partial charge on any atom is -0.493 e. The smallest absolute Gasteiger partial charge is 0.340 e. The van der Waals surface area contributed by atoms with E-state index in [1.165, 1.54) is 21.3 Å². The van der Waals surface area contributed by atoms with Crippen molar-refractivity contribution in [3.63, 3.8) is 0 Å².